The van der Waals surface area contributed by atoms with Crippen LogP contribution in [-0.2, 0) is 12.8 Å². The standard InChI is InChI=1S/C13H14BrN3O/c1-3-12-15-13(4-2)17(16-12)11-6-5-9(8-18)7-10(11)14/h5-8H,3-4H2,1-2H3. The Morgan fingerprint density at radius 1 is 1.33 bits per heavy atom. The van der Waals surface area contributed by atoms with Gasteiger partial charge in [-0.05, 0) is 34.1 Å². The van der Waals surface area contributed by atoms with Gasteiger partial charge in [0.15, 0.2) is 5.82 Å². The number of aldehydes is 1. The second-order valence-corrected chi connectivity index (χ2v) is 4.75. The lowest BCUT2D eigenvalue weighted by Gasteiger charge is -2.07. The van der Waals surface area contributed by atoms with Crippen molar-refractivity contribution < 1.29 is 4.79 Å². The van der Waals surface area contributed by atoms with E-state index in [-0.39, 0.29) is 0 Å². The normalized spacial score (nSPS) is 10.6. The predicted octanol–water partition coefficient (Wildman–Crippen LogP) is 2.97. The van der Waals surface area contributed by atoms with Crippen molar-refractivity contribution in [3.05, 3.63) is 39.9 Å². The van der Waals surface area contributed by atoms with Gasteiger partial charge in [0.1, 0.15) is 12.1 Å². The van der Waals surface area contributed by atoms with E-state index in [2.05, 4.69) is 26.0 Å². The van der Waals surface area contributed by atoms with Gasteiger partial charge in [0, 0.05) is 22.9 Å². The predicted molar refractivity (Wildman–Crippen MR) is 73.2 cm³/mol. The third-order valence-corrected chi connectivity index (χ3v) is 3.32. The number of benzene rings is 1. The summed E-state index contributed by atoms with van der Waals surface area (Å²) < 4.78 is 2.67. The zero-order chi connectivity index (χ0) is 13.1. The SMILES string of the molecule is CCc1nc(CC)n(-c2ccc(C=O)cc2Br)n1. The van der Waals surface area contributed by atoms with Crippen molar-refractivity contribution in [3.63, 3.8) is 0 Å². The minimum absolute atomic E-state index is 0.638. The topological polar surface area (TPSA) is 47.8 Å². The summed E-state index contributed by atoms with van der Waals surface area (Å²) in [5.41, 5.74) is 1.55. The Labute approximate surface area is 114 Å². The summed E-state index contributed by atoms with van der Waals surface area (Å²) in [7, 11) is 0. The molecule has 0 fully saturated rings. The van der Waals surface area contributed by atoms with Crippen molar-refractivity contribution in [3.8, 4) is 5.69 Å². The summed E-state index contributed by atoms with van der Waals surface area (Å²) in [4.78, 5) is 15.2. The van der Waals surface area contributed by atoms with Gasteiger partial charge in [0.05, 0.1) is 5.69 Å². The van der Waals surface area contributed by atoms with Gasteiger partial charge in [-0.15, -0.1) is 0 Å². The third-order valence-electron chi connectivity index (χ3n) is 2.69. The lowest BCUT2D eigenvalue weighted by molar-refractivity contribution is 0.112. The molecule has 0 aliphatic carbocycles. The Morgan fingerprint density at radius 3 is 2.67 bits per heavy atom. The van der Waals surface area contributed by atoms with Crippen LogP contribution in [-0.4, -0.2) is 21.1 Å². The van der Waals surface area contributed by atoms with E-state index in [4.69, 9.17) is 0 Å². The number of hydrogen-bond acceptors (Lipinski definition) is 3. The second-order valence-electron chi connectivity index (χ2n) is 3.89. The first kappa shape index (κ1) is 13.0. The Kier molecular flexibility index (Phi) is 3.91. The number of rotatable bonds is 4. The first-order chi connectivity index (χ1) is 8.69. The van der Waals surface area contributed by atoms with Gasteiger partial charge >= 0.3 is 0 Å². The minimum atomic E-state index is 0.638. The summed E-state index contributed by atoms with van der Waals surface area (Å²) in [5.74, 6) is 1.75. The number of nitrogens with zero attached hydrogens (tertiary/aromatic N) is 3. The van der Waals surface area contributed by atoms with E-state index >= 15 is 0 Å². The molecule has 0 saturated carbocycles. The van der Waals surface area contributed by atoms with Crippen LogP contribution in [0.4, 0.5) is 0 Å². The average Bonchev–Trinajstić information content (AvgIpc) is 2.81. The molecule has 0 aliphatic rings. The van der Waals surface area contributed by atoms with E-state index in [9.17, 15) is 4.79 Å². The molecule has 0 N–H and O–H groups in total. The summed E-state index contributed by atoms with van der Waals surface area (Å²) in [5, 5.41) is 4.47. The van der Waals surface area contributed by atoms with E-state index in [1.165, 1.54) is 0 Å². The van der Waals surface area contributed by atoms with Crippen LogP contribution in [0.1, 0.15) is 35.9 Å². The molecule has 0 radical (unpaired) electrons. The molecule has 1 aromatic heterocycles. The number of aromatic nitrogens is 3. The molecule has 1 heterocycles. The average molecular weight is 308 g/mol. The van der Waals surface area contributed by atoms with Crippen molar-refractivity contribution in [1.29, 1.82) is 0 Å². The number of hydrogen-bond donors (Lipinski definition) is 0. The summed E-state index contributed by atoms with van der Waals surface area (Å²) in [6.45, 7) is 4.08. The molecule has 1 aromatic carbocycles. The number of halogens is 1. The molecule has 0 atom stereocenters. The summed E-state index contributed by atoms with van der Waals surface area (Å²) in [6.07, 6.45) is 2.45. The van der Waals surface area contributed by atoms with Gasteiger partial charge in [-0.2, -0.15) is 5.10 Å². The maximum atomic E-state index is 10.7. The fourth-order valence-electron chi connectivity index (χ4n) is 1.73. The van der Waals surface area contributed by atoms with Crippen molar-refractivity contribution >= 4 is 22.2 Å². The van der Waals surface area contributed by atoms with Crippen molar-refractivity contribution in [2.24, 2.45) is 0 Å². The van der Waals surface area contributed by atoms with E-state index in [0.29, 0.717) is 5.56 Å². The van der Waals surface area contributed by atoms with Crippen LogP contribution in [0.15, 0.2) is 22.7 Å². The molecular weight excluding hydrogens is 294 g/mol. The molecular formula is C13H14BrN3O. The van der Waals surface area contributed by atoms with Crippen LogP contribution < -0.4 is 0 Å². The van der Waals surface area contributed by atoms with Crippen molar-refractivity contribution in [2.45, 2.75) is 26.7 Å². The fraction of sp³-hybridized carbons (Fsp3) is 0.308. The third kappa shape index (κ3) is 2.36. The highest BCUT2D eigenvalue weighted by atomic mass is 79.9. The maximum absolute atomic E-state index is 10.7. The second kappa shape index (κ2) is 5.44. The Balaban J connectivity index is 2.53. The number of carbonyl (C=O) groups excluding carboxylic acids is 1. The largest absolute Gasteiger partial charge is 0.298 e. The highest BCUT2D eigenvalue weighted by Crippen LogP contribution is 2.23. The highest BCUT2D eigenvalue weighted by Gasteiger charge is 2.11. The van der Waals surface area contributed by atoms with Crippen LogP contribution in [0.25, 0.3) is 5.69 Å². The van der Waals surface area contributed by atoms with E-state index in [1.54, 1.807) is 12.1 Å². The molecule has 0 spiro atoms. The van der Waals surface area contributed by atoms with Crippen LogP contribution >= 0.6 is 15.9 Å². The first-order valence-corrected chi connectivity index (χ1v) is 6.68. The molecule has 2 rings (SSSR count). The van der Waals surface area contributed by atoms with E-state index in [1.807, 2.05) is 24.6 Å². The summed E-state index contributed by atoms with van der Waals surface area (Å²) in [6, 6.07) is 5.44. The Morgan fingerprint density at radius 2 is 2.11 bits per heavy atom. The molecule has 0 saturated heterocycles. The molecule has 0 unspecified atom stereocenters. The van der Waals surface area contributed by atoms with Crippen molar-refractivity contribution in [1.82, 2.24) is 14.8 Å². The van der Waals surface area contributed by atoms with Crippen molar-refractivity contribution in [2.75, 3.05) is 0 Å². The first-order valence-electron chi connectivity index (χ1n) is 5.89. The molecule has 0 bridgehead atoms. The molecule has 5 heteroatoms. The lowest BCUT2D eigenvalue weighted by Crippen LogP contribution is -2.03. The monoisotopic (exact) mass is 307 g/mol. The van der Waals surface area contributed by atoms with Gasteiger partial charge in [-0.1, -0.05) is 13.8 Å². The molecule has 4 nitrogen and oxygen atoms in total. The van der Waals surface area contributed by atoms with Crippen LogP contribution in [0, 0.1) is 0 Å². The lowest BCUT2D eigenvalue weighted by atomic mass is 10.2. The van der Waals surface area contributed by atoms with Gasteiger partial charge in [0.25, 0.3) is 0 Å². The number of carbonyl (C=O) groups is 1. The molecule has 0 aliphatic heterocycles. The van der Waals surface area contributed by atoms with Crippen LogP contribution in [0.3, 0.4) is 0 Å². The quantitative estimate of drug-likeness (QED) is 0.816. The zero-order valence-electron chi connectivity index (χ0n) is 10.4. The fourth-order valence-corrected chi connectivity index (χ4v) is 2.30. The van der Waals surface area contributed by atoms with Crippen LogP contribution in [0.2, 0.25) is 0 Å². The summed E-state index contributed by atoms with van der Waals surface area (Å²) >= 11 is 3.47. The Hall–Kier alpha value is -1.49. The molecule has 0 amide bonds. The van der Waals surface area contributed by atoms with Crippen LogP contribution in [0.5, 0.6) is 0 Å². The minimum Gasteiger partial charge on any atom is -0.298 e. The number of aryl methyl sites for hydroxylation is 2. The molecule has 18 heavy (non-hydrogen) atoms. The maximum Gasteiger partial charge on any atom is 0.151 e. The van der Waals surface area contributed by atoms with E-state index < -0.39 is 0 Å². The van der Waals surface area contributed by atoms with Gasteiger partial charge in [-0.3, -0.25) is 4.79 Å². The zero-order valence-corrected chi connectivity index (χ0v) is 11.9. The smallest absolute Gasteiger partial charge is 0.151 e. The van der Waals surface area contributed by atoms with E-state index in [0.717, 1.165) is 40.9 Å². The van der Waals surface area contributed by atoms with Gasteiger partial charge in [-0.25, -0.2) is 9.67 Å². The Bertz CT molecular complexity index is 578. The highest BCUT2D eigenvalue weighted by molar-refractivity contribution is 9.10. The van der Waals surface area contributed by atoms with Gasteiger partial charge in [0.2, 0.25) is 0 Å². The molecule has 2 aromatic rings. The molecule has 94 valence electrons. The van der Waals surface area contributed by atoms with Gasteiger partial charge < -0.3 is 0 Å².